The van der Waals surface area contributed by atoms with E-state index in [4.69, 9.17) is 4.63 Å². The third kappa shape index (κ3) is 8.54. The third-order valence-electron chi connectivity index (χ3n) is 10.1. The molecule has 0 spiro atoms. The minimum atomic E-state index is -0.922. The number of amides is 4. The number of benzene rings is 1. The lowest BCUT2D eigenvalue weighted by atomic mass is 9.79. The molecule has 4 rings (SSSR count). The van der Waals surface area contributed by atoms with Crippen molar-refractivity contribution in [3.8, 4) is 0 Å². The van der Waals surface area contributed by atoms with E-state index < -0.39 is 35.6 Å². The van der Waals surface area contributed by atoms with Crippen LogP contribution in [0, 0.1) is 17.7 Å². The van der Waals surface area contributed by atoms with Crippen molar-refractivity contribution in [3.05, 3.63) is 41.0 Å². The van der Waals surface area contributed by atoms with Crippen LogP contribution in [0.25, 0.3) is 0 Å². The molecule has 1 aromatic carbocycles. The summed E-state index contributed by atoms with van der Waals surface area (Å²) in [5, 5.41) is 15.9. The van der Waals surface area contributed by atoms with Crippen molar-refractivity contribution in [1.82, 2.24) is 30.7 Å². The van der Waals surface area contributed by atoms with Gasteiger partial charge in [0, 0.05) is 37.5 Å². The molecule has 0 unspecified atom stereocenters. The SMILES string of the molecule is CCC(=O)N[C@@H](C(=O)N1C[C@@H](C)N(C)[C@H](C)C1)[C@@H](C)c1ccc(NC(=O)[C@@H](NC(=O)c2nonc2CC)[C@H]2CC[C@H](C)CC2)c(F)c1. The second kappa shape index (κ2) is 15.8. The van der Waals surface area contributed by atoms with Crippen LogP contribution in [0.3, 0.4) is 0 Å². The summed E-state index contributed by atoms with van der Waals surface area (Å²) >= 11 is 0. The van der Waals surface area contributed by atoms with Gasteiger partial charge >= 0.3 is 0 Å². The predicted octanol–water partition coefficient (Wildman–Crippen LogP) is 3.88. The van der Waals surface area contributed by atoms with Crippen molar-refractivity contribution in [2.45, 2.75) is 110 Å². The van der Waals surface area contributed by atoms with Gasteiger partial charge in [0.05, 0.1) is 5.69 Å². The first-order valence-corrected chi connectivity index (χ1v) is 16.9. The van der Waals surface area contributed by atoms with Crippen molar-refractivity contribution < 1.29 is 28.2 Å². The van der Waals surface area contributed by atoms with Crippen molar-refractivity contribution in [2.24, 2.45) is 11.8 Å². The van der Waals surface area contributed by atoms with E-state index in [2.05, 4.69) is 51.9 Å². The third-order valence-corrected chi connectivity index (χ3v) is 10.1. The fourth-order valence-corrected chi connectivity index (χ4v) is 6.61. The van der Waals surface area contributed by atoms with Gasteiger partial charge in [-0.05, 0) is 74.8 Å². The van der Waals surface area contributed by atoms with Crippen LogP contribution in [0.5, 0.6) is 0 Å². The number of carbonyl (C=O) groups is 4. The molecule has 2 aliphatic rings. The first kappa shape index (κ1) is 36.0. The molecule has 1 saturated carbocycles. The topological polar surface area (TPSA) is 150 Å². The van der Waals surface area contributed by atoms with Crippen LogP contribution in [-0.2, 0) is 20.8 Å². The molecule has 0 radical (unpaired) electrons. The van der Waals surface area contributed by atoms with Gasteiger partial charge in [0.2, 0.25) is 17.7 Å². The lowest BCUT2D eigenvalue weighted by Crippen LogP contribution is -2.60. The zero-order chi connectivity index (χ0) is 34.4. The Balaban J connectivity index is 1.53. The quantitative estimate of drug-likeness (QED) is 0.330. The average Bonchev–Trinajstić information content (AvgIpc) is 3.54. The summed E-state index contributed by atoms with van der Waals surface area (Å²) in [4.78, 5) is 57.1. The highest BCUT2D eigenvalue weighted by atomic mass is 19.1. The van der Waals surface area contributed by atoms with Crippen LogP contribution < -0.4 is 16.0 Å². The Bertz CT molecular complexity index is 1410. The number of anilines is 1. The lowest BCUT2D eigenvalue weighted by Gasteiger charge is -2.44. The second-order valence-corrected chi connectivity index (χ2v) is 13.4. The number of carbonyl (C=O) groups excluding carboxylic acids is 4. The summed E-state index contributed by atoms with van der Waals surface area (Å²) in [7, 11) is 2.03. The smallest absolute Gasteiger partial charge is 0.276 e. The summed E-state index contributed by atoms with van der Waals surface area (Å²) in [5.41, 5.74) is 0.869. The molecule has 1 aromatic heterocycles. The highest BCUT2D eigenvalue weighted by Gasteiger charge is 2.37. The van der Waals surface area contributed by atoms with Gasteiger partial charge in [0.25, 0.3) is 5.91 Å². The van der Waals surface area contributed by atoms with Crippen molar-refractivity contribution in [2.75, 3.05) is 25.5 Å². The summed E-state index contributed by atoms with van der Waals surface area (Å²) < 4.78 is 20.4. The van der Waals surface area contributed by atoms with E-state index in [1.165, 1.54) is 12.1 Å². The van der Waals surface area contributed by atoms with Gasteiger partial charge in [-0.1, -0.05) is 51.8 Å². The molecule has 2 fully saturated rings. The molecule has 12 nitrogen and oxygen atoms in total. The molecule has 3 N–H and O–H groups in total. The summed E-state index contributed by atoms with van der Waals surface area (Å²) in [6, 6.07) is 2.88. The summed E-state index contributed by atoms with van der Waals surface area (Å²) in [5.74, 6) is -2.45. The molecule has 0 bridgehead atoms. The molecule has 258 valence electrons. The number of hydrogen-bond acceptors (Lipinski definition) is 8. The number of likely N-dealkylation sites (N-methyl/N-ethyl adjacent to an activating group) is 1. The number of hydrogen-bond donors (Lipinski definition) is 3. The minimum absolute atomic E-state index is 0.0266. The van der Waals surface area contributed by atoms with E-state index in [-0.39, 0.29) is 47.6 Å². The van der Waals surface area contributed by atoms with Crippen LogP contribution in [0.4, 0.5) is 10.1 Å². The summed E-state index contributed by atoms with van der Waals surface area (Å²) in [6.07, 6.45) is 3.94. The van der Waals surface area contributed by atoms with Crippen molar-refractivity contribution in [3.63, 3.8) is 0 Å². The fourth-order valence-electron chi connectivity index (χ4n) is 6.61. The highest BCUT2D eigenvalue weighted by Crippen LogP contribution is 2.32. The van der Waals surface area contributed by atoms with E-state index >= 15 is 4.39 Å². The fraction of sp³-hybridized carbons (Fsp3) is 0.647. The predicted molar refractivity (Wildman–Crippen MR) is 175 cm³/mol. The number of piperazine rings is 1. The average molecular weight is 656 g/mol. The molecule has 4 amide bonds. The van der Waals surface area contributed by atoms with Crippen molar-refractivity contribution >= 4 is 29.3 Å². The standard InChI is InChI=1S/C34H50FN7O5/c1-8-26-31(40-47-39-26)33(45)38-30(23-12-10-19(3)11-13-23)32(44)36-27-15-14-24(16-25(27)35)22(6)29(37-28(43)9-2)34(46)42-17-20(4)41(7)21(5)18-42/h14-16,19-23,29-30H,8-13,17-18H2,1-7H3,(H,36,44)(H,37,43)(H,38,45)/t19-,20-,21-,22+,23-,29-,30+/m1/s1. The molecule has 2 aromatic rings. The Kier molecular flexibility index (Phi) is 12.1. The maximum Gasteiger partial charge on any atom is 0.276 e. The maximum atomic E-state index is 15.7. The summed E-state index contributed by atoms with van der Waals surface area (Å²) in [6.45, 7) is 12.6. The van der Waals surface area contributed by atoms with Crippen LogP contribution in [-0.4, -0.2) is 88.0 Å². The van der Waals surface area contributed by atoms with E-state index in [1.807, 2.05) is 14.0 Å². The molecule has 1 saturated heterocycles. The Morgan fingerprint density at radius 3 is 2.26 bits per heavy atom. The van der Waals surface area contributed by atoms with Gasteiger partial charge in [-0.3, -0.25) is 24.1 Å². The second-order valence-electron chi connectivity index (χ2n) is 13.4. The van der Waals surface area contributed by atoms with Gasteiger partial charge in [0.15, 0.2) is 5.69 Å². The number of aryl methyl sites for hydroxylation is 1. The Labute approximate surface area is 276 Å². The van der Waals surface area contributed by atoms with E-state index in [1.54, 1.807) is 24.8 Å². The molecular formula is C34H50FN7O5. The van der Waals surface area contributed by atoms with E-state index in [0.717, 1.165) is 25.7 Å². The highest BCUT2D eigenvalue weighted by molar-refractivity contribution is 6.01. The largest absolute Gasteiger partial charge is 0.344 e. The zero-order valence-electron chi connectivity index (χ0n) is 28.6. The monoisotopic (exact) mass is 655 g/mol. The molecule has 1 aliphatic carbocycles. The Hall–Kier alpha value is -3.87. The van der Waals surface area contributed by atoms with Crippen LogP contribution in [0.1, 0.15) is 101 Å². The molecule has 5 atom stereocenters. The maximum absolute atomic E-state index is 15.7. The number of aromatic nitrogens is 2. The van der Waals surface area contributed by atoms with Crippen LogP contribution >= 0.6 is 0 Å². The van der Waals surface area contributed by atoms with Gasteiger partial charge in [0.1, 0.15) is 23.6 Å². The molecular weight excluding hydrogens is 605 g/mol. The van der Waals surface area contributed by atoms with Crippen molar-refractivity contribution in [1.29, 1.82) is 0 Å². The Morgan fingerprint density at radius 1 is 1.00 bits per heavy atom. The molecule has 2 heterocycles. The zero-order valence-corrected chi connectivity index (χ0v) is 28.6. The first-order valence-electron chi connectivity index (χ1n) is 16.9. The minimum Gasteiger partial charge on any atom is -0.344 e. The number of halogens is 1. The number of rotatable bonds is 11. The van der Waals surface area contributed by atoms with Gasteiger partial charge in [-0.15, -0.1) is 0 Å². The van der Waals surface area contributed by atoms with E-state index in [9.17, 15) is 19.2 Å². The lowest BCUT2D eigenvalue weighted by molar-refractivity contribution is -0.140. The number of nitrogens with one attached hydrogen (secondary N) is 3. The number of nitrogens with zero attached hydrogens (tertiary/aromatic N) is 4. The van der Waals surface area contributed by atoms with Gasteiger partial charge in [-0.25, -0.2) is 9.02 Å². The van der Waals surface area contributed by atoms with Crippen LogP contribution in [0.15, 0.2) is 22.8 Å². The molecule has 13 heteroatoms. The van der Waals surface area contributed by atoms with Crippen LogP contribution in [0.2, 0.25) is 0 Å². The van der Waals surface area contributed by atoms with Gasteiger partial charge in [-0.2, -0.15) is 0 Å². The van der Waals surface area contributed by atoms with Gasteiger partial charge < -0.3 is 20.9 Å². The molecule has 47 heavy (non-hydrogen) atoms. The Morgan fingerprint density at radius 2 is 1.66 bits per heavy atom. The van der Waals surface area contributed by atoms with E-state index in [0.29, 0.717) is 36.7 Å². The molecule has 1 aliphatic heterocycles. The normalized spacial score (nSPS) is 23.8. The first-order chi connectivity index (χ1) is 22.3.